The number of amides is 1. The molecule has 0 spiro atoms. The number of alkyl halides is 2. The molecule has 1 amide bonds. The summed E-state index contributed by atoms with van der Waals surface area (Å²) >= 11 is 0. The number of hydrogen-bond donors (Lipinski definition) is 2. The third kappa shape index (κ3) is 4.89. The Labute approximate surface area is 149 Å². The Bertz CT molecular complexity index is 646. The van der Waals surface area contributed by atoms with Crippen LogP contribution in [0, 0.1) is 0 Å². The summed E-state index contributed by atoms with van der Waals surface area (Å²) in [7, 11) is 0. The highest BCUT2D eigenvalue weighted by Gasteiger charge is 2.60. The second kappa shape index (κ2) is 7.55. The summed E-state index contributed by atoms with van der Waals surface area (Å²) in [6.07, 6.45) is -5.00. The molecular formula is C17H21F2NO6. The monoisotopic (exact) mass is 373 g/mol. The van der Waals surface area contributed by atoms with Crippen molar-refractivity contribution in [2.24, 2.45) is 0 Å². The minimum atomic E-state index is -3.67. The molecule has 1 saturated heterocycles. The van der Waals surface area contributed by atoms with Gasteiger partial charge in [0.05, 0.1) is 5.56 Å². The highest BCUT2D eigenvalue weighted by molar-refractivity contribution is 5.89. The highest BCUT2D eigenvalue weighted by Crippen LogP contribution is 2.35. The Kier molecular flexibility index (Phi) is 5.82. The van der Waals surface area contributed by atoms with Gasteiger partial charge in [0.15, 0.2) is 12.4 Å². The zero-order valence-corrected chi connectivity index (χ0v) is 14.6. The van der Waals surface area contributed by atoms with E-state index in [4.69, 9.17) is 14.2 Å². The van der Waals surface area contributed by atoms with Crippen LogP contribution in [0.3, 0.4) is 0 Å². The standard InChI is InChI=1S/C17H21F2NO6/c1-16(2,3)26-15(23)20-12-14(22)25-11(17(12,18)19)9-24-13(21)10-7-5-4-6-8-10/h4-8,11-12,14,22H,9H2,1-3H3,(H,20,23)/t11-,12-,14?/m0/s1. The predicted octanol–water partition coefficient (Wildman–Crippen LogP) is 2.09. The van der Waals surface area contributed by atoms with Crippen LogP contribution < -0.4 is 5.32 Å². The average Bonchev–Trinajstić information content (AvgIpc) is 2.74. The third-order valence-corrected chi connectivity index (χ3v) is 3.48. The zero-order chi connectivity index (χ0) is 19.5. The molecule has 9 heteroatoms. The largest absolute Gasteiger partial charge is 0.459 e. The zero-order valence-electron chi connectivity index (χ0n) is 14.6. The number of esters is 1. The molecule has 144 valence electrons. The molecule has 26 heavy (non-hydrogen) atoms. The molecular weight excluding hydrogens is 352 g/mol. The summed E-state index contributed by atoms with van der Waals surface area (Å²) in [5.74, 6) is -4.48. The average molecular weight is 373 g/mol. The lowest BCUT2D eigenvalue weighted by Crippen LogP contribution is -2.53. The third-order valence-electron chi connectivity index (χ3n) is 3.48. The number of carbonyl (C=O) groups is 2. The lowest BCUT2D eigenvalue weighted by atomic mass is 10.1. The van der Waals surface area contributed by atoms with Gasteiger partial charge in [-0.1, -0.05) is 18.2 Å². The number of aliphatic hydroxyl groups excluding tert-OH is 1. The molecule has 2 rings (SSSR count). The van der Waals surface area contributed by atoms with Gasteiger partial charge in [-0.15, -0.1) is 0 Å². The first-order valence-electron chi connectivity index (χ1n) is 7.94. The van der Waals surface area contributed by atoms with Crippen LogP contribution in [0.4, 0.5) is 13.6 Å². The van der Waals surface area contributed by atoms with Crippen molar-refractivity contribution in [2.45, 2.75) is 50.7 Å². The van der Waals surface area contributed by atoms with Gasteiger partial charge < -0.3 is 24.6 Å². The van der Waals surface area contributed by atoms with E-state index in [1.165, 1.54) is 12.1 Å². The van der Waals surface area contributed by atoms with Crippen LogP contribution in [0.5, 0.6) is 0 Å². The fourth-order valence-corrected chi connectivity index (χ4v) is 2.29. The van der Waals surface area contributed by atoms with Gasteiger partial charge in [-0.3, -0.25) is 0 Å². The molecule has 0 bridgehead atoms. The van der Waals surface area contributed by atoms with Gasteiger partial charge in [0, 0.05) is 0 Å². The van der Waals surface area contributed by atoms with Gasteiger partial charge >= 0.3 is 18.0 Å². The van der Waals surface area contributed by atoms with Crippen LogP contribution in [-0.2, 0) is 14.2 Å². The van der Waals surface area contributed by atoms with Crippen molar-refractivity contribution in [1.82, 2.24) is 5.32 Å². The number of alkyl carbamates (subject to hydrolysis) is 1. The molecule has 7 nitrogen and oxygen atoms in total. The summed E-state index contributed by atoms with van der Waals surface area (Å²) in [5.41, 5.74) is -0.702. The van der Waals surface area contributed by atoms with E-state index in [1.807, 2.05) is 5.32 Å². The number of aliphatic hydroxyl groups is 1. The van der Waals surface area contributed by atoms with Crippen molar-refractivity contribution in [1.29, 1.82) is 0 Å². The van der Waals surface area contributed by atoms with Crippen LogP contribution in [-0.4, -0.2) is 53.7 Å². The van der Waals surface area contributed by atoms with Gasteiger partial charge in [-0.2, -0.15) is 0 Å². The number of carbonyl (C=O) groups excluding carboxylic acids is 2. The second-order valence-electron chi connectivity index (χ2n) is 6.78. The number of ether oxygens (including phenoxy) is 3. The molecule has 3 atom stereocenters. The number of rotatable bonds is 4. The maximum absolute atomic E-state index is 14.4. The van der Waals surface area contributed by atoms with Gasteiger partial charge in [-0.05, 0) is 32.9 Å². The summed E-state index contributed by atoms with van der Waals surface area (Å²) < 4.78 is 43.3. The predicted molar refractivity (Wildman–Crippen MR) is 85.7 cm³/mol. The van der Waals surface area contributed by atoms with Gasteiger partial charge in [0.2, 0.25) is 0 Å². The molecule has 0 saturated carbocycles. The smallest absolute Gasteiger partial charge is 0.408 e. The number of hydrogen-bond acceptors (Lipinski definition) is 6. The molecule has 1 unspecified atom stereocenters. The van der Waals surface area contributed by atoms with Crippen molar-refractivity contribution in [3.8, 4) is 0 Å². The van der Waals surface area contributed by atoms with Gasteiger partial charge in [0.1, 0.15) is 18.2 Å². The quantitative estimate of drug-likeness (QED) is 0.785. The Hall–Kier alpha value is -2.26. The lowest BCUT2D eigenvalue weighted by molar-refractivity contribution is -0.130. The van der Waals surface area contributed by atoms with Crippen molar-refractivity contribution in [2.75, 3.05) is 6.61 Å². The Morgan fingerprint density at radius 3 is 2.46 bits per heavy atom. The molecule has 1 aromatic carbocycles. The van der Waals surface area contributed by atoms with Gasteiger partial charge in [0.25, 0.3) is 0 Å². The molecule has 0 aromatic heterocycles. The van der Waals surface area contributed by atoms with E-state index in [0.29, 0.717) is 0 Å². The Morgan fingerprint density at radius 2 is 1.88 bits per heavy atom. The SMILES string of the molecule is CC(C)(C)OC(=O)N[C@H]1C(O)O[C@@H](COC(=O)c2ccccc2)C1(F)F. The van der Waals surface area contributed by atoms with Crippen LogP contribution in [0.25, 0.3) is 0 Å². The minimum absolute atomic E-state index is 0.192. The normalized spacial score (nSPS) is 24.8. The topological polar surface area (TPSA) is 94.1 Å². The van der Waals surface area contributed by atoms with Crippen LogP contribution in [0.15, 0.2) is 30.3 Å². The van der Waals surface area contributed by atoms with E-state index in [1.54, 1.807) is 39.0 Å². The molecule has 0 aliphatic carbocycles. The van der Waals surface area contributed by atoms with Crippen molar-refractivity contribution in [3.63, 3.8) is 0 Å². The molecule has 1 aliphatic heterocycles. The van der Waals surface area contributed by atoms with E-state index in [-0.39, 0.29) is 5.56 Å². The van der Waals surface area contributed by atoms with E-state index in [2.05, 4.69) is 0 Å². The molecule has 2 N–H and O–H groups in total. The Balaban J connectivity index is 1.97. The van der Waals surface area contributed by atoms with E-state index in [9.17, 15) is 23.5 Å². The first-order valence-corrected chi connectivity index (χ1v) is 7.94. The summed E-state index contributed by atoms with van der Waals surface area (Å²) in [5, 5.41) is 11.6. The van der Waals surface area contributed by atoms with E-state index < -0.39 is 48.6 Å². The second-order valence-corrected chi connectivity index (χ2v) is 6.78. The molecule has 1 heterocycles. The fourth-order valence-electron chi connectivity index (χ4n) is 2.29. The van der Waals surface area contributed by atoms with E-state index >= 15 is 0 Å². The van der Waals surface area contributed by atoms with E-state index in [0.717, 1.165) is 0 Å². The van der Waals surface area contributed by atoms with Crippen LogP contribution in [0.1, 0.15) is 31.1 Å². The molecule has 1 fully saturated rings. The number of nitrogens with one attached hydrogen (secondary N) is 1. The lowest BCUT2D eigenvalue weighted by Gasteiger charge is -2.25. The first kappa shape index (κ1) is 20.1. The first-order chi connectivity index (χ1) is 12.0. The molecule has 1 aliphatic rings. The van der Waals surface area contributed by atoms with Crippen LogP contribution >= 0.6 is 0 Å². The maximum Gasteiger partial charge on any atom is 0.408 e. The molecule has 0 radical (unpaired) electrons. The fraction of sp³-hybridized carbons (Fsp3) is 0.529. The Morgan fingerprint density at radius 1 is 1.27 bits per heavy atom. The molecule has 1 aromatic rings. The van der Waals surface area contributed by atoms with Crippen LogP contribution in [0.2, 0.25) is 0 Å². The minimum Gasteiger partial charge on any atom is -0.459 e. The maximum atomic E-state index is 14.4. The van der Waals surface area contributed by atoms with Crippen molar-refractivity contribution >= 4 is 12.1 Å². The highest BCUT2D eigenvalue weighted by atomic mass is 19.3. The van der Waals surface area contributed by atoms with Crippen molar-refractivity contribution < 1.29 is 37.7 Å². The number of halogens is 2. The summed E-state index contributed by atoms with van der Waals surface area (Å²) in [6, 6.07) is 5.80. The van der Waals surface area contributed by atoms with Gasteiger partial charge in [-0.25, -0.2) is 18.4 Å². The van der Waals surface area contributed by atoms with Crippen molar-refractivity contribution in [3.05, 3.63) is 35.9 Å². The summed E-state index contributed by atoms with van der Waals surface area (Å²) in [4.78, 5) is 23.5. The number of benzene rings is 1. The summed E-state index contributed by atoms with van der Waals surface area (Å²) in [6.45, 7) is 3.92.